The predicted molar refractivity (Wildman–Crippen MR) is 264 cm³/mol. The van der Waals surface area contributed by atoms with Crippen LogP contribution in [-0.2, 0) is 12.4 Å². The fourth-order valence-corrected chi connectivity index (χ4v) is 6.34. The molecule has 384 valence electrons. The number of carbonyl (C=O) groups excluding carboxylic acids is 6. The lowest BCUT2D eigenvalue weighted by atomic mass is 10.0. The van der Waals surface area contributed by atoms with Crippen LogP contribution in [0.25, 0.3) is 0 Å². The first kappa shape index (κ1) is 57.3. The minimum absolute atomic E-state index is 0.0429. The lowest BCUT2D eigenvalue weighted by molar-refractivity contribution is -0.138. The van der Waals surface area contributed by atoms with E-state index in [9.17, 15) is 55.1 Å². The van der Waals surface area contributed by atoms with Crippen molar-refractivity contribution < 1.29 is 55.1 Å². The second-order valence-corrected chi connectivity index (χ2v) is 18.3. The van der Waals surface area contributed by atoms with Crippen LogP contribution >= 0.6 is 0 Å². The van der Waals surface area contributed by atoms with E-state index in [2.05, 4.69) is 16.3 Å². The molecule has 0 bridgehead atoms. The van der Waals surface area contributed by atoms with Gasteiger partial charge in [-0.2, -0.15) is 26.3 Å². The van der Waals surface area contributed by atoms with Crippen molar-refractivity contribution in [2.75, 3.05) is 0 Å². The number of nitrogens with zero attached hydrogens (tertiary/aromatic N) is 3. The molecule has 3 N–H and O–H groups in total. The summed E-state index contributed by atoms with van der Waals surface area (Å²) >= 11 is 0. The predicted octanol–water partition coefficient (Wildman–Crippen LogP) is 11.5. The van der Waals surface area contributed by atoms with Gasteiger partial charge in [0.2, 0.25) is 0 Å². The van der Waals surface area contributed by atoms with Crippen LogP contribution in [0.3, 0.4) is 0 Å². The Morgan fingerprint density at radius 1 is 0.370 bits per heavy atom. The van der Waals surface area contributed by atoms with Crippen molar-refractivity contribution >= 4 is 35.4 Å². The number of hydrogen-bond donors (Lipinski definition) is 3. The summed E-state index contributed by atoms with van der Waals surface area (Å²) in [4.78, 5) is 74.9. The Morgan fingerprint density at radius 3 is 1.03 bits per heavy atom. The van der Waals surface area contributed by atoms with Gasteiger partial charge in [0.1, 0.15) is 0 Å². The third kappa shape index (κ3) is 16.9. The first-order valence-corrected chi connectivity index (χ1v) is 22.6. The molecule has 73 heavy (non-hydrogen) atoms. The van der Waals surface area contributed by atoms with Crippen LogP contribution in [0.4, 0.5) is 26.3 Å². The molecule has 0 spiro atoms. The summed E-state index contributed by atoms with van der Waals surface area (Å²) in [5.41, 5.74) is 5.93. The molecular formula is C55H56F6N6O6. The third-order valence-corrected chi connectivity index (χ3v) is 10.2. The van der Waals surface area contributed by atoms with Crippen molar-refractivity contribution in [3.05, 3.63) is 214 Å². The Labute approximate surface area is 419 Å². The quantitative estimate of drug-likeness (QED) is 0.107. The van der Waals surface area contributed by atoms with E-state index in [-0.39, 0.29) is 29.0 Å². The smallest absolute Gasteiger partial charge is 0.267 e. The van der Waals surface area contributed by atoms with Crippen LogP contribution in [0, 0.1) is 0 Å². The maximum atomic E-state index is 12.9. The molecule has 0 unspecified atom stereocenters. The van der Waals surface area contributed by atoms with Crippen LogP contribution in [0.5, 0.6) is 0 Å². The first-order valence-electron chi connectivity index (χ1n) is 22.6. The average Bonchev–Trinajstić information content (AvgIpc) is 3.36. The van der Waals surface area contributed by atoms with E-state index >= 15 is 0 Å². The monoisotopic (exact) mass is 1010 g/mol. The van der Waals surface area contributed by atoms with Gasteiger partial charge in [-0.25, -0.2) is 15.0 Å². The Bertz CT molecular complexity index is 2800. The number of rotatable bonds is 7. The van der Waals surface area contributed by atoms with Crippen molar-refractivity contribution in [2.45, 2.75) is 84.9 Å². The summed E-state index contributed by atoms with van der Waals surface area (Å²) < 4.78 is 76.7. The number of alkyl halides is 6. The van der Waals surface area contributed by atoms with Gasteiger partial charge in [0.25, 0.3) is 35.4 Å². The molecule has 0 aliphatic heterocycles. The van der Waals surface area contributed by atoms with Gasteiger partial charge in [0.05, 0.1) is 22.2 Å². The van der Waals surface area contributed by atoms with Gasteiger partial charge in [-0.15, -0.1) is 0 Å². The van der Waals surface area contributed by atoms with E-state index in [0.29, 0.717) is 22.3 Å². The number of benzene rings is 6. The highest BCUT2D eigenvalue weighted by Gasteiger charge is 2.35. The second-order valence-electron chi connectivity index (χ2n) is 18.3. The molecule has 6 aromatic rings. The molecule has 0 aromatic heterocycles. The number of hydrogen-bond acceptors (Lipinski definition) is 6. The summed E-state index contributed by atoms with van der Waals surface area (Å²) in [5.74, 6) is -2.87. The summed E-state index contributed by atoms with van der Waals surface area (Å²) in [6.07, 6.45) is -9.04. The molecule has 12 nitrogen and oxygen atoms in total. The maximum absolute atomic E-state index is 12.9. The summed E-state index contributed by atoms with van der Waals surface area (Å²) in [6, 6.07) is 42.1. The minimum Gasteiger partial charge on any atom is -0.267 e. The van der Waals surface area contributed by atoms with Crippen molar-refractivity contribution in [3.8, 4) is 0 Å². The van der Waals surface area contributed by atoms with Gasteiger partial charge in [-0.3, -0.25) is 45.0 Å². The number of halogens is 6. The lowest BCUT2D eigenvalue weighted by Gasteiger charge is -2.35. The molecule has 0 atom stereocenters. The van der Waals surface area contributed by atoms with E-state index in [0.717, 1.165) is 52.5 Å². The highest BCUT2D eigenvalue weighted by atomic mass is 19.4. The second kappa shape index (κ2) is 24.7. The zero-order valence-electron chi connectivity index (χ0n) is 41.3. The Kier molecular flexibility index (Phi) is 19.4. The van der Waals surface area contributed by atoms with E-state index in [1.807, 2.05) is 26.0 Å². The van der Waals surface area contributed by atoms with Crippen molar-refractivity contribution in [2.24, 2.45) is 0 Å². The lowest BCUT2D eigenvalue weighted by Crippen LogP contribution is -2.55. The van der Waals surface area contributed by atoms with Gasteiger partial charge >= 0.3 is 12.4 Å². The van der Waals surface area contributed by atoms with Crippen molar-refractivity contribution in [1.82, 2.24) is 31.3 Å². The van der Waals surface area contributed by atoms with E-state index in [1.54, 1.807) is 151 Å². The summed E-state index contributed by atoms with van der Waals surface area (Å²) in [7, 11) is 0. The van der Waals surface area contributed by atoms with E-state index < -0.39 is 58.2 Å². The molecule has 6 rings (SSSR count). The Balaban J connectivity index is 0.000000239. The van der Waals surface area contributed by atoms with E-state index in [4.69, 9.17) is 0 Å². The number of nitrogens with one attached hydrogen (secondary N) is 3. The highest BCUT2D eigenvalue weighted by Crippen LogP contribution is 2.31. The van der Waals surface area contributed by atoms with Crippen LogP contribution < -0.4 is 16.3 Å². The average molecular weight is 1010 g/mol. The fraction of sp³-hybridized carbons (Fsp3) is 0.236. The van der Waals surface area contributed by atoms with Crippen LogP contribution in [-0.4, -0.2) is 67.6 Å². The topological polar surface area (TPSA) is 148 Å². The number of carbonyl (C=O) groups is 6. The summed E-state index contributed by atoms with van der Waals surface area (Å²) in [6.45, 7) is 13.8. The zero-order chi connectivity index (χ0) is 54.3. The maximum Gasteiger partial charge on any atom is 0.416 e. The molecule has 0 aliphatic rings. The first-order chi connectivity index (χ1) is 34.1. The minimum atomic E-state index is -4.56. The Hall–Kier alpha value is -8.28. The van der Waals surface area contributed by atoms with Crippen LogP contribution in [0.15, 0.2) is 170 Å². The Morgan fingerprint density at radius 2 is 0.685 bits per heavy atom. The van der Waals surface area contributed by atoms with Crippen LogP contribution in [0.1, 0.15) is 129 Å². The van der Waals surface area contributed by atoms with Gasteiger partial charge in [-0.1, -0.05) is 78.9 Å². The zero-order valence-corrected chi connectivity index (χ0v) is 41.3. The van der Waals surface area contributed by atoms with Crippen molar-refractivity contribution in [1.29, 1.82) is 0 Å². The standard InChI is InChI=1S/2C19H19F3N2O2.C17H18N2O2/c1-18(2,3)24(23-16(25)13-8-5-4-6-9-13)17(26)14-10-7-11-15(12-14)19(20,21)22;1-18(2,3)24(23-16(25)13-7-5-4-6-8-13)17(26)14-9-11-15(12-10-14)19(20,21)22;1-13(2)19(17(21)15-11-7-4-8-12-15)18-16(20)14-9-5-3-6-10-14/h2*4-12H,1-3H3,(H,23,25);3-13H,1-2H3,(H,18,20). The molecular weight excluding hydrogens is 955 g/mol. The normalized spacial score (nSPS) is 11.3. The highest BCUT2D eigenvalue weighted by molar-refractivity contribution is 6.01. The largest absolute Gasteiger partial charge is 0.416 e. The molecule has 0 fully saturated rings. The van der Waals surface area contributed by atoms with E-state index in [1.165, 1.54) is 11.1 Å². The van der Waals surface area contributed by atoms with Gasteiger partial charge < -0.3 is 0 Å². The molecule has 0 radical (unpaired) electrons. The number of hydrazine groups is 3. The van der Waals surface area contributed by atoms with Crippen molar-refractivity contribution in [3.63, 3.8) is 0 Å². The third-order valence-electron chi connectivity index (χ3n) is 10.2. The summed E-state index contributed by atoms with van der Waals surface area (Å²) in [5, 5.41) is 3.51. The SMILES string of the molecule is CC(C)(C)N(NC(=O)c1ccccc1)C(=O)c1ccc(C(F)(F)F)cc1.CC(C)(C)N(NC(=O)c1ccccc1)C(=O)c1cccc(C(F)(F)F)c1.CC(C)N(NC(=O)c1ccccc1)C(=O)c1ccccc1. The molecule has 6 aromatic carbocycles. The van der Waals surface area contributed by atoms with Gasteiger partial charge in [0, 0.05) is 39.4 Å². The molecule has 0 aliphatic carbocycles. The molecule has 0 saturated heterocycles. The fourth-order valence-electron chi connectivity index (χ4n) is 6.34. The number of amides is 6. The molecule has 0 heterocycles. The molecule has 18 heteroatoms. The molecule has 6 amide bonds. The van der Waals surface area contributed by atoms with Gasteiger partial charge in [0.15, 0.2) is 0 Å². The van der Waals surface area contributed by atoms with Crippen LogP contribution in [0.2, 0.25) is 0 Å². The van der Waals surface area contributed by atoms with Gasteiger partial charge in [-0.05, 0) is 146 Å². The molecule has 0 saturated carbocycles.